The molecule has 0 atom stereocenters. The van der Waals surface area contributed by atoms with E-state index in [0.717, 1.165) is 33.3 Å². The lowest BCUT2D eigenvalue weighted by Gasteiger charge is -2.22. The molecule has 0 saturated heterocycles. The molecule has 0 unspecified atom stereocenters. The molecule has 0 fully saturated rings. The average Bonchev–Trinajstić information content (AvgIpc) is 2.91. The van der Waals surface area contributed by atoms with Gasteiger partial charge in [0.1, 0.15) is 12.8 Å². The van der Waals surface area contributed by atoms with Crippen molar-refractivity contribution in [1.29, 1.82) is 0 Å². The molecule has 3 nitrogen and oxygen atoms in total. The van der Waals surface area contributed by atoms with Crippen molar-refractivity contribution in [3.8, 4) is 22.8 Å². The predicted molar refractivity (Wildman–Crippen MR) is 94.6 cm³/mol. The van der Waals surface area contributed by atoms with Gasteiger partial charge in [-0.15, -0.1) is 0 Å². The van der Waals surface area contributed by atoms with Crippen molar-refractivity contribution in [3.05, 3.63) is 53.2 Å². The quantitative estimate of drug-likeness (QED) is 0.362. The van der Waals surface area contributed by atoms with Gasteiger partial charge in [0.05, 0.1) is 10.9 Å². The van der Waals surface area contributed by atoms with Crippen LogP contribution in [0.5, 0.6) is 11.5 Å². The standard InChI is InChI=1S/C21H17FNO2/c1-10-5-13-7-11(2)12(3)18-19(13)15(6-10)25-21-14-8-17(22)24-16(14)9-23(4)20(18)21/h5-9H,1-4H3/q+1. The first-order valence-corrected chi connectivity index (χ1v) is 8.28. The Labute approximate surface area is 144 Å². The first-order valence-electron chi connectivity index (χ1n) is 8.28. The second-order valence-electron chi connectivity index (χ2n) is 6.90. The molecule has 0 aliphatic carbocycles. The van der Waals surface area contributed by atoms with Crippen LogP contribution in [-0.2, 0) is 7.05 Å². The minimum Gasteiger partial charge on any atom is -0.449 e. The van der Waals surface area contributed by atoms with E-state index in [4.69, 9.17) is 9.15 Å². The van der Waals surface area contributed by atoms with Crippen molar-refractivity contribution in [3.63, 3.8) is 0 Å². The first kappa shape index (κ1) is 14.5. The van der Waals surface area contributed by atoms with Gasteiger partial charge in [0.15, 0.2) is 0 Å². The van der Waals surface area contributed by atoms with Crippen LogP contribution < -0.4 is 9.30 Å². The van der Waals surface area contributed by atoms with Gasteiger partial charge in [0.2, 0.25) is 17.5 Å². The van der Waals surface area contributed by atoms with Crippen LogP contribution in [0.2, 0.25) is 0 Å². The van der Waals surface area contributed by atoms with Gasteiger partial charge >= 0.3 is 0 Å². The highest BCUT2D eigenvalue weighted by molar-refractivity contribution is 6.07. The van der Waals surface area contributed by atoms with Crippen LogP contribution in [0.3, 0.4) is 0 Å². The zero-order chi connectivity index (χ0) is 17.5. The fourth-order valence-corrected chi connectivity index (χ4v) is 3.94. The molecule has 2 aromatic heterocycles. The minimum atomic E-state index is -0.604. The molecular weight excluding hydrogens is 317 g/mol. The average molecular weight is 334 g/mol. The summed E-state index contributed by atoms with van der Waals surface area (Å²) in [5, 5.41) is 2.93. The molecule has 5 rings (SSSR count). The summed E-state index contributed by atoms with van der Waals surface area (Å²) < 4.78 is 27.2. The summed E-state index contributed by atoms with van der Waals surface area (Å²) in [5.74, 6) is 1.47. The van der Waals surface area contributed by atoms with Gasteiger partial charge in [0, 0.05) is 11.5 Å². The number of aryl methyl sites for hydroxylation is 3. The molecule has 4 heteroatoms. The van der Waals surface area contributed by atoms with Crippen LogP contribution in [0.1, 0.15) is 16.7 Å². The summed E-state index contributed by atoms with van der Waals surface area (Å²) in [5.41, 5.74) is 6.16. The van der Waals surface area contributed by atoms with Gasteiger partial charge in [-0.2, -0.15) is 8.96 Å². The van der Waals surface area contributed by atoms with Crippen LogP contribution in [0.15, 0.2) is 34.9 Å². The number of rotatable bonds is 0. The summed E-state index contributed by atoms with van der Waals surface area (Å²) in [6.45, 7) is 6.31. The molecule has 0 amide bonds. The molecule has 124 valence electrons. The maximum atomic E-state index is 13.7. The number of pyridine rings is 1. The van der Waals surface area contributed by atoms with Crippen molar-refractivity contribution in [2.75, 3.05) is 0 Å². The van der Waals surface area contributed by atoms with Crippen LogP contribution in [0, 0.1) is 26.8 Å². The highest BCUT2D eigenvalue weighted by Crippen LogP contribution is 2.50. The number of ether oxygens (including phenoxy) is 1. The largest absolute Gasteiger partial charge is 0.449 e. The second kappa shape index (κ2) is 4.60. The predicted octanol–water partition coefficient (Wildman–Crippen LogP) is 5.25. The third-order valence-corrected chi connectivity index (χ3v) is 5.17. The number of halogens is 1. The van der Waals surface area contributed by atoms with E-state index >= 15 is 0 Å². The number of hydrogen-bond donors (Lipinski definition) is 0. The number of aromatic nitrogens is 1. The first-order chi connectivity index (χ1) is 11.9. The Morgan fingerprint density at radius 1 is 1.04 bits per heavy atom. The van der Waals surface area contributed by atoms with Gasteiger partial charge in [-0.3, -0.25) is 0 Å². The van der Waals surface area contributed by atoms with Gasteiger partial charge in [-0.25, -0.2) is 0 Å². The number of fused-ring (bicyclic) bond motifs is 4. The van der Waals surface area contributed by atoms with E-state index in [2.05, 4.69) is 32.9 Å². The topological polar surface area (TPSA) is 26.2 Å². The van der Waals surface area contributed by atoms with E-state index in [1.54, 1.807) is 0 Å². The van der Waals surface area contributed by atoms with Crippen molar-refractivity contribution in [1.82, 2.24) is 0 Å². The van der Waals surface area contributed by atoms with E-state index in [9.17, 15) is 4.39 Å². The summed E-state index contributed by atoms with van der Waals surface area (Å²) in [4.78, 5) is 0. The van der Waals surface area contributed by atoms with E-state index in [1.807, 2.05) is 23.9 Å². The Morgan fingerprint density at radius 2 is 1.84 bits per heavy atom. The summed E-state index contributed by atoms with van der Waals surface area (Å²) in [7, 11) is 1.94. The number of benzene rings is 2. The Hall–Kier alpha value is -2.88. The van der Waals surface area contributed by atoms with Crippen molar-refractivity contribution < 1.29 is 18.1 Å². The van der Waals surface area contributed by atoms with Crippen LogP contribution in [-0.4, -0.2) is 0 Å². The van der Waals surface area contributed by atoms with Gasteiger partial charge < -0.3 is 9.15 Å². The van der Waals surface area contributed by atoms with Crippen molar-refractivity contribution >= 4 is 21.7 Å². The molecule has 0 radical (unpaired) electrons. The molecule has 0 saturated carbocycles. The van der Waals surface area contributed by atoms with Gasteiger partial charge in [-0.1, -0.05) is 12.1 Å². The van der Waals surface area contributed by atoms with E-state index < -0.39 is 6.01 Å². The van der Waals surface area contributed by atoms with E-state index in [1.165, 1.54) is 17.2 Å². The molecule has 1 aliphatic rings. The summed E-state index contributed by atoms with van der Waals surface area (Å²) in [6.07, 6.45) is 1.81. The third-order valence-electron chi connectivity index (χ3n) is 5.17. The molecule has 0 spiro atoms. The SMILES string of the molecule is Cc1cc2c3c(c(C)c(C)cc3c1)-c1c(c3cc(F)oc3c[n+]1C)O2. The minimum absolute atomic E-state index is 0.483. The zero-order valence-electron chi connectivity index (χ0n) is 14.5. The van der Waals surface area contributed by atoms with Crippen molar-refractivity contribution in [2.45, 2.75) is 20.8 Å². The Balaban J connectivity index is 2.04. The number of furan rings is 1. The van der Waals surface area contributed by atoms with E-state index in [-0.39, 0.29) is 0 Å². The molecular formula is C21H17FNO2+. The molecule has 4 aromatic rings. The normalized spacial score (nSPS) is 12.5. The molecule has 1 aliphatic heterocycles. The van der Waals surface area contributed by atoms with Crippen LogP contribution >= 0.6 is 0 Å². The Kier molecular flexibility index (Phi) is 2.66. The highest BCUT2D eigenvalue weighted by Gasteiger charge is 2.33. The molecule has 0 N–H and O–H groups in total. The fraction of sp³-hybridized carbons (Fsp3) is 0.190. The van der Waals surface area contributed by atoms with E-state index in [0.29, 0.717) is 16.7 Å². The Morgan fingerprint density at radius 3 is 2.64 bits per heavy atom. The van der Waals surface area contributed by atoms with Gasteiger partial charge in [-0.05, 0) is 48.9 Å². The third kappa shape index (κ3) is 1.82. The number of nitrogens with zero attached hydrogens (tertiary/aromatic N) is 1. The molecule has 2 aromatic carbocycles. The highest BCUT2D eigenvalue weighted by atomic mass is 19.1. The fourth-order valence-electron chi connectivity index (χ4n) is 3.94. The zero-order valence-corrected chi connectivity index (χ0v) is 14.5. The summed E-state index contributed by atoms with van der Waals surface area (Å²) >= 11 is 0. The smallest absolute Gasteiger partial charge is 0.279 e. The lowest BCUT2D eigenvalue weighted by Crippen LogP contribution is -2.32. The van der Waals surface area contributed by atoms with Crippen molar-refractivity contribution in [2.24, 2.45) is 7.05 Å². The van der Waals surface area contributed by atoms with Crippen LogP contribution in [0.4, 0.5) is 4.39 Å². The lowest BCUT2D eigenvalue weighted by atomic mass is 9.89. The molecule has 3 heterocycles. The molecule has 0 bridgehead atoms. The monoisotopic (exact) mass is 334 g/mol. The maximum Gasteiger partial charge on any atom is 0.279 e. The molecule has 25 heavy (non-hydrogen) atoms. The number of hydrogen-bond acceptors (Lipinski definition) is 2. The maximum absolute atomic E-state index is 13.7. The van der Waals surface area contributed by atoms with Crippen LogP contribution in [0.25, 0.3) is 33.0 Å². The van der Waals surface area contributed by atoms with Gasteiger partial charge in [0.25, 0.3) is 11.7 Å². The second-order valence-corrected chi connectivity index (χ2v) is 6.90. The Bertz CT molecular complexity index is 1220. The summed E-state index contributed by atoms with van der Waals surface area (Å²) in [6, 6.07) is 7.22. The lowest BCUT2D eigenvalue weighted by molar-refractivity contribution is -0.659.